The second kappa shape index (κ2) is 10.0. The van der Waals surface area contributed by atoms with E-state index < -0.39 is 0 Å². The summed E-state index contributed by atoms with van der Waals surface area (Å²) in [6, 6.07) is 21.2. The van der Waals surface area contributed by atoms with Crippen LogP contribution in [0.3, 0.4) is 0 Å². The zero-order valence-electron chi connectivity index (χ0n) is 17.3. The average molecular weight is 392 g/mol. The molecule has 0 aromatic heterocycles. The summed E-state index contributed by atoms with van der Waals surface area (Å²) in [5.74, 6) is 0.805. The van der Waals surface area contributed by atoms with Crippen molar-refractivity contribution < 1.29 is 4.79 Å². The van der Waals surface area contributed by atoms with Gasteiger partial charge in [0.05, 0.1) is 6.04 Å². The topological polar surface area (TPSA) is 35.6 Å². The number of carbonyl (C=O) groups excluding carboxylic acids is 1. The molecule has 2 fully saturated rings. The fourth-order valence-corrected chi connectivity index (χ4v) is 4.71. The van der Waals surface area contributed by atoms with E-state index in [1.54, 1.807) is 0 Å². The molecule has 0 aliphatic carbocycles. The van der Waals surface area contributed by atoms with E-state index in [1.165, 1.54) is 17.5 Å². The normalized spacial score (nSPS) is 22.8. The van der Waals surface area contributed by atoms with Crippen LogP contribution in [0.25, 0.3) is 0 Å². The number of hydrogen-bond donors (Lipinski definition) is 1. The quantitative estimate of drug-likeness (QED) is 0.750. The maximum atomic E-state index is 12.8. The summed E-state index contributed by atoms with van der Waals surface area (Å²) in [6.45, 7) is 6.07. The minimum atomic E-state index is 0.0331. The fraction of sp³-hybridized carbons (Fsp3) is 0.480. The molecule has 4 heteroatoms. The molecule has 4 rings (SSSR count). The van der Waals surface area contributed by atoms with Crippen LogP contribution in [0.4, 0.5) is 0 Å². The van der Waals surface area contributed by atoms with Crippen LogP contribution in [-0.4, -0.2) is 54.5 Å². The molecule has 1 amide bonds. The predicted octanol–water partition coefficient (Wildman–Crippen LogP) is 3.33. The van der Waals surface area contributed by atoms with Gasteiger partial charge in [0.25, 0.3) is 0 Å². The maximum Gasteiger partial charge on any atom is 0.237 e. The monoisotopic (exact) mass is 391 g/mol. The summed E-state index contributed by atoms with van der Waals surface area (Å²) in [5.41, 5.74) is 2.70. The smallest absolute Gasteiger partial charge is 0.237 e. The third-order valence-electron chi connectivity index (χ3n) is 6.39. The molecule has 0 radical (unpaired) electrons. The fourth-order valence-electron chi connectivity index (χ4n) is 4.71. The molecule has 2 aromatic carbocycles. The first-order chi connectivity index (χ1) is 14.3. The van der Waals surface area contributed by atoms with Crippen molar-refractivity contribution in [3.8, 4) is 0 Å². The van der Waals surface area contributed by atoms with Crippen LogP contribution in [0.5, 0.6) is 0 Å². The van der Waals surface area contributed by atoms with E-state index in [1.807, 2.05) is 6.07 Å². The van der Waals surface area contributed by atoms with Crippen LogP contribution in [0.1, 0.15) is 30.4 Å². The molecule has 2 heterocycles. The van der Waals surface area contributed by atoms with E-state index in [0.29, 0.717) is 5.92 Å². The van der Waals surface area contributed by atoms with Gasteiger partial charge in [0, 0.05) is 26.2 Å². The number of benzene rings is 2. The zero-order valence-corrected chi connectivity index (χ0v) is 17.3. The van der Waals surface area contributed by atoms with Gasteiger partial charge in [0.1, 0.15) is 0 Å². The van der Waals surface area contributed by atoms with Crippen LogP contribution in [0.2, 0.25) is 0 Å². The zero-order chi connectivity index (χ0) is 19.9. The van der Waals surface area contributed by atoms with Crippen molar-refractivity contribution in [2.75, 3.05) is 32.7 Å². The molecule has 2 saturated heterocycles. The Bertz CT molecular complexity index is 764. The number of carbonyl (C=O) groups is 1. The highest BCUT2D eigenvalue weighted by atomic mass is 16.2. The van der Waals surface area contributed by atoms with E-state index in [2.05, 4.69) is 69.7 Å². The van der Waals surface area contributed by atoms with Crippen LogP contribution < -0.4 is 5.32 Å². The summed E-state index contributed by atoms with van der Waals surface area (Å²) < 4.78 is 0. The molecule has 2 unspecified atom stereocenters. The molecule has 2 aliphatic heterocycles. The first-order valence-corrected chi connectivity index (χ1v) is 11.1. The van der Waals surface area contributed by atoms with Gasteiger partial charge in [-0.2, -0.15) is 0 Å². The number of amides is 1. The molecular weight excluding hydrogens is 358 g/mol. The molecule has 0 saturated carbocycles. The van der Waals surface area contributed by atoms with E-state index in [-0.39, 0.29) is 11.9 Å². The van der Waals surface area contributed by atoms with Crippen LogP contribution in [0.15, 0.2) is 60.7 Å². The highest BCUT2D eigenvalue weighted by Crippen LogP contribution is 2.21. The first kappa shape index (κ1) is 20.1. The summed E-state index contributed by atoms with van der Waals surface area (Å²) in [6.07, 6.45) is 4.39. The largest absolute Gasteiger partial charge is 0.354 e. The van der Waals surface area contributed by atoms with Crippen molar-refractivity contribution in [2.45, 2.75) is 38.3 Å². The summed E-state index contributed by atoms with van der Waals surface area (Å²) in [7, 11) is 0. The van der Waals surface area contributed by atoms with Gasteiger partial charge in [0.2, 0.25) is 5.91 Å². The van der Waals surface area contributed by atoms with E-state index in [0.717, 1.165) is 58.5 Å². The molecule has 1 N–H and O–H groups in total. The molecule has 154 valence electrons. The van der Waals surface area contributed by atoms with Crippen molar-refractivity contribution in [3.05, 3.63) is 71.8 Å². The highest BCUT2D eigenvalue weighted by Gasteiger charge is 2.31. The number of nitrogens with one attached hydrogen (secondary N) is 1. The Morgan fingerprint density at radius 3 is 2.41 bits per heavy atom. The lowest BCUT2D eigenvalue weighted by Crippen LogP contribution is -2.44. The molecule has 2 aliphatic rings. The Labute approximate surface area is 174 Å². The SMILES string of the molecule is O=C(NCC1CCN(CCc2ccccc2)C1)C1CCCN1Cc1ccccc1. The van der Waals surface area contributed by atoms with E-state index in [4.69, 9.17) is 0 Å². The lowest BCUT2D eigenvalue weighted by Gasteiger charge is -2.24. The second-order valence-electron chi connectivity index (χ2n) is 8.55. The van der Waals surface area contributed by atoms with Gasteiger partial charge in [-0.15, -0.1) is 0 Å². The summed E-state index contributed by atoms with van der Waals surface area (Å²) in [5, 5.41) is 3.27. The van der Waals surface area contributed by atoms with Gasteiger partial charge < -0.3 is 10.2 Å². The van der Waals surface area contributed by atoms with Gasteiger partial charge in [0.15, 0.2) is 0 Å². The Balaban J connectivity index is 1.19. The molecular formula is C25H33N3O. The number of rotatable bonds is 8. The van der Waals surface area contributed by atoms with Crippen LogP contribution >= 0.6 is 0 Å². The summed E-state index contributed by atoms with van der Waals surface area (Å²) in [4.78, 5) is 17.7. The van der Waals surface area contributed by atoms with Gasteiger partial charge in [-0.25, -0.2) is 0 Å². The number of hydrogen-bond acceptors (Lipinski definition) is 3. The summed E-state index contributed by atoms with van der Waals surface area (Å²) >= 11 is 0. The van der Waals surface area contributed by atoms with Crippen molar-refractivity contribution in [1.82, 2.24) is 15.1 Å². The molecule has 0 bridgehead atoms. The Morgan fingerprint density at radius 1 is 0.931 bits per heavy atom. The average Bonchev–Trinajstić information content (AvgIpc) is 3.41. The predicted molar refractivity (Wildman–Crippen MR) is 118 cm³/mol. The van der Waals surface area contributed by atoms with Gasteiger partial charge in [-0.3, -0.25) is 9.69 Å². The van der Waals surface area contributed by atoms with Crippen LogP contribution in [0, 0.1) is 5.92 Å². The van der Waals surface area contributed by atoms with Gasteiger partial charge >= 0.3 is 0 Å². The van der Waals surface area contributed by atoms with Crippen LogP contribution in [-0.2, 0) is 17.8 Å². The lowest BCUT2D eigenvalue weighted by molar-refractivity contribution is -0.125. The standard InChI is InChI=1S/C25H33N3O/c29-25(24-12-7-15-28(24)20-22-10-5-2-6-11-22)26-18-23-14-17-27(19-23)16-13-21-8-3-1-4-9-21/h1-6,8-11,23-24H,7,12-20H2,(H,26,29). The van der Waals surface area contributed by atoms with E-state index in [9.17, 15) is 4.79 Å². The van der Waals surface area contributed by atoms with Gasteiger partial charge in [-0.1, -0.05) is 60.7 Å². The Morgan fingerprint density at radius 2 is 1.66 bits per heavy atom. The third kappa shape index (κ3) is 5.68. The number of likely N-dealkylation sites (tertiary alicyclic amines) is 2. The number of nitrogens with zero attached hydrogens (tertiary/aromatic N) is 2. The Kier molecular flexibility index (Phi) is 6.96. The maximum absolute atomic E-state index is 12.8. The van der Waals surface area contributed by atoms with E-state index >= 15 is 0 Å². The molecule has 0 spiro atoms. The third-order valence-corrected chi connectivity index (χ3v) is 6.39. The van der Waals surface area contributed by atoms with Crippen molar-refractivity contribution in [2.24, 2.45) is 5.92 Å². The lowest BCUT2D eigenvalue weighted by atomic mass is 10.1. The second-order valence-corrected chi connectivity index (χ2v) is 8.55. The Hall–Kier alpha value is -2.17. The minimum absolute atomic E-state index is 0.0331. The molecule has 2 atom stereocenters. The minimum Gasteiger partial charge on any atom is -0.354 e. The highest BCUT2D eigenvalue weighted by molar-refractivity contribution is 5.82. The molecule has 2 aromatic rings. The molecule has 29 heavy (non-hydrogen) atoms. The van der Waals surface area contributed by atoms with Crippen molar-refractivity contribution in [3.63, 3.8) is 0 Å². The first-order valence-electron chi connectivity index (χ1n) is 11.1. The molecule has 4 nitrogen and oxygen atoms in total. The van der Waals surface area contributed by atoms with Crippen molar-refractivity contribution in [1.29, 1.82) is 0 Å². The van der Waals surface area contributed by atoms with Crippen molar-refractivity contribution >= 4 is 5.91 Å². The van der Waals surface area contributed by atoms with Gasteiger partial charge in [-0.05, 0) is 55.8 Å².